The molecule has 1 saturated heterocycles. The summed E-state index contributed by atoms with van der Waals surface area (Å²) in [6.45, 7) is 6.08. The molecule has 5 heterocycles. The van der Waals surface area contributed by atoms with E-state index >= 15 is 0 Å². The maximum atomic E-state index is 5.93. The summed E-state index contributed by atoms with van der Waals surface area (Å²) in [5, 5.41) is 10.5. The second-order valence-corrected chi connectivity index (χ2v) is 9.06. The normalized spacial score (nSPS) is 16.0. The number of nitrogen functional groups attached to an aromatic ring is 1. The van der Waals surface area contributed by atoms with Gasteiger partial charge in [-0.2, -0.15) is 0 Å². The zero-order valence-corrected chi connectivity index (χ0v) is 20.4. The molecule has 4 aromatic rings. The molecular formula is C24H29N9OS. The number of nitrogens with one attached hydrogen (secondary N) is 3. The van der Waals surface area contributed by atoms with Crippen LogP contribution in [0.5, 0.6) is 0 Å². The molecule has 0 saturated carbocycles. The Bertz CT molecular complexity index is 1320. The minimum Gasteiger partial charge on any atom is -0.464 e. The second kappa shape index (κ2) is 10.3. The van der Waals surface area contributed by atoms with E-state index in [4.69, 9.17) is 27.4 Å². The van der Waals surface area contributed by atoms with Crippen molar-refractivity contribution in [3.63, 3.8) is 0 Å². The number of nitrogens with two attached hydrogens (primary N) is 1. The molecule has 182 valence electrons. The Balaban J connectivity index is 1.16. The van der Waals surface area contributed by atoms with Crippen molar-refractivity contribution in [2.45, 2.75) is 25.9 Å². The Kier molecular flexibility index (Phi) is 6.77. The van der Waals surface area contributed by atoms with Crippen LogP contribution in [-0.4, -0.2) is 61.8 Å². The van der Waals surface area contributed by atoms with Crippen molar-refractivity contribution in [1.82, 2.24) is 29.7 Å². The van der Waals surface area contributed by atoms with Crippen LogP contribution in [0.1, 0.15) is 17.9 Å². The summed E-state index contributed by atoms with van der Waals surface area (Å²) >= 11 is 5.39. The maximum Gasteiger partial charge on any atom is 0.205 e. The first-order valence-electron chi connectivity index (χ1n) is 11.6. The van der Waals surface area contributed by atoms with Crippen molar-refractivity contribution in [3.05, 3.63) is 60.4 Å². The zero-order chi connectivity index (χ0) is 24.2. The number of aromatic nitrogens is 4. The van der Waals surface area contributed by atoms with E-state index in [9.17, 15) is 0 Å². The molecule has 1 aliphatic rings. The molecule has 0 aliphatic carbocycles. The van der Waals surface area contributed by atoms with E-state index in [1.165, 1.54) is 0 Å². The van der Waals surface area contributed by atoms with Crippen molar-refractivity contribution >= 4 is 45.8 Å². The molecule has 0 aromatic carbocycles. The quantitative estimate of drug-likeness (QED) is 0.274. The molecule has 0 amide bonds. The fraction of sp³-hybridized carbons (Fsp3) is 0.333. The van der Waals surface area contributed by atoms with Gasteiger partial charge in [0.05, 0.1) is 24.1 Å². The van der Waals surface area contributed by atoms with Crippen molar-refractivity contribution < 1.29 is 4.42 Å². The molecule has 0 spiro atoms. The van der Waals surface area contributed by atoms with Crippen LogP contribution in [0.4, 0.5) is 17.3 Å². The highest BCUT2D eigenvalue weighted by molar-refractivity contribution is 7.80. The number of aryl methyl sites for hydroxylation is 1. The number of anilines is 3. The average Bonchev–Trinajstić information content (AvgIpc) is 3.55. The number of likely N-dealkylation sites (tertiary alicyclic amines) is 1. The Labute approximate surface area is 208 Å². The van der Waals surface area contributed by atoms with Crippen LogP contribution in [0.2, 0.25) is 0 Å². The van der Waals surface area contributed by atoms with Crippen LogP contribution in [0.15, 0.2) is 53.3 Å². The Morgan fingerprint density at radius 2 is 2.17 bits per heavy atom. The van der Waals surface area contributed by atoms with Gasteiger partial charge in [-0.25, -0.2) is 9.97 Å². The summed E-state index contributed by atoms with van der Waals surface area (Å²) in [6, 6.07) is 9.91. The number of furan rings is 1. The highest BCUT2D eigenvalue weighted by Crippen LogP contribution is 2.23. The molecule has 5 rings (SSSR count). The number of hydrogen-bond acceptors (Lipinski definition) is 8. The first-order chi connectivity index (χ1) is 17.0. The molecule has 35 heavy (non-hydrogen) atoms. The van der Waals surface area contributed by atoms with E-state index in [-0.39, 0.29) is 0 Å². The summed E-state index contributed by atoms with van der Waals surface area (Å²) in [6.07, 6.45) is 6.14. The summed E-state index contributed by atoms with van der Waals surface area (Å²) in [7, 11) is 0. The van der Waals surface area contributed by atoms with Gasteiger partial charge in [0, 0.05) is 44.6 Å². The number of nitrogens with zero attached hydrogens (tertiary/aromatic N) is 5. The molecule has 4 aromatic heterocycles. The van der Waals surface area contributed by atoms with E-state index in [0.717, 1.165) is 61.2 Å². The van der Waals surface area contributed by atoms with E-state index in [1.807, 2.05) is 31.2 Å². The van der Waals surface area contributed by atoms with E-state index in [1.54, 1.807) is 24.7 Å². The maximum absolute atomic E-state index is 5.93. The first-order valence-corrected chi connectivity index (χ1v) is 12.1. The van der Waals surface area contributed by atoms with Crippen molar-refractivity contribution in [2.24, 2.45) is 0 Å². The molecule has 10 nitrogen and oxygen atoms in total. The minimum atomic E-state index is 0.296. The predicted octanol–water partition coefficient (Wildman–Crippen LogP) is 2.83. The van der Waals surface area contributed by atoms with Crippen LogP contribution in [0.25, 0.3) is 11.2 Å². The Morgan fingerprint density at radius 3 is 3.00 bits per heavy atom. The predicted molar refractivity (Wildman–Crippen MR) is 141 cm³/mol. The highest BCUT2D eigenvalue weighted by Gasteiger charge is 2.24. The Morgan fingerprint density at radius 1 is 1.26 bits per heavy atom. The van der Waals surface area contributed by atoms with Crippen LogP contribution in [0.3, 0.4) is 0 Å². The number of hydrogen-bond donors (Lipinski definition) is 4. The lowest BCUT2D eigenvalue weighted by molar-refractivity contribution is 0.341. The van der Waals surface area contributed by atoms with Crippen molar-refractivity contribution in [1.29, 1.82) is 0 Å². The lowest BCUT2D eigenvalue weighted by Crippen LogP contribution is -2.37. The molecule has 0 bridgehead atoms. The van der Waals surface area contributed by atoms with Gasteiger partial charge >= 0.3 is 0 Å². The van der Waals surface area contributed by atoms with E-state index in [2.05, 4.69) is 35.4 Å². The van der Waals surface area contributed by atoms with Gasteiger partial charge in [0.1, 0.15) is 17.0 Å². The molecular weight excluding hydrogens is 462 g/mol. The molecule has 1 unspecified atom stereocenters. The van der Waals surface area contributed by atoms with Gasteiger partial charge < -0.3 is 26.1 Å². The summed E-state index contributed by atoms with van der Waals surface area (Å²) in [5.41, 5.74) is 8.97. The number of fused-ring (bicyclic) bond motifs is 1. The van der Waals surface area contributed by atoms with E-state index in [0.29, 0.717) is 29.1 Å². The molecule has 11 heteroatoms. The van der Waals surface area contributed by atoms with Gasteiger partial charge in [-0.15, -0.1) is 0 Å². The molecule has 1 atom stereocenters. The van der Waals surface area contributed by atoms with Gasteiger partial charge in [0.15, 0.2) is 10.8 Å². The second-order valence-electron chi connectivity index (χ2n) is 8.65. The molecule has 1 fully saturated rings. The van der Waals surface area contributed by atoms with Crippen LogP contribution in [0, 0.1) is 6.92 Å². The van der Waals surface area contributed by atoms with Gasteiger partial charge in [0.2, 0.25) is 5.95 Å². The van der Waals surface area contributed by atoms with Crippen LogP contribution in [-0.2, 0) is 6.54 Å². The van der Waals surface area contributed by atoms with Gasteiger partial charge in [-0.1, -0.05) is 0 Å². The smallest absolute Gasteiger partial charge is 0.205 e. The molecule has 0 radical (unpaired) electrons. The van der Waals surface area contributed by atoms with Crippen LogP contribution >= 0.6 is 12.2 Å². The first kappa shape index (κ1) is 23.1. The molecule has 1 aliphatic heterocycles. The van der Waals surface area contributed by atoms with Crippen molar-refractivity contribution in [3.8, 4) is 0 Å². The highest BCUT2D eigenvalue weighted by atomic mass is 32.1. The number of thiocarbonyl (C=S) groups is 1. The zero-order valence-electron chi connectivity index (χ0n) is 19.6. The molecule has 5 N–H and O–H groups in total. The summed E-state index contributed by atoms with van der Waals surface area (Å²) in [5.74, 6) is 2.59. The number of rotatable bonds is 8. The lowest BCUT2D eigenvalue weighted by Gasteiger charge is -2.18. The standard InChI is InChI=1S/C24H29N9OS/c1-16-4-5-18(34-16)15-33-22-20(3-2-8-27-22)30-23(33)29-17-7-11-32(14-17)12-10-28-24(35)31-21-13-26-9-6-19(21)25/h2-6,8-9,13,17H,7,10-12,14-15H2,1H3,(H2,25,26)(H,29,30)(H2,28,31,35). The van der Waals surface area contributed by atoms with Crippen molar-refractivity contribution in [2.75, 3.05) is 42.5 Å². The minimum absolute atomic E-state index is 0.296. The lowest BCUT2D eigenvalue weighted by atomic mass is 10.3. The third-order valence-corrected chi connectivity index (χ3v) is 6.28. The third kappa shape index (κ3) is 5.52. The number of imidazole rings is 1. The fourth-order valence-electron chi connectivity index (χ4n) is 4.28. The average molecular weight is 492 g/mol. The number of pyridine rings is 2. The Hall–Kier alpha value is -3.70. The SMILES string of the molecule is Cc1ccc(Cn2c(NC3CCN(CCNC(=S)Nc4cnccc4N)C3)nc3cccnc32)o1. The largest absolute Gasteiger partial charge is 0.464 e. The third-order valence-electron chi connectivity index (χ3n) is 6.04. The summed E-state index contributed by atoms with van der Waals surface area (Å²) < 4.78 is 7.90. The monoisotopic (exact) mass is 491 g/mol. The van der Waals surface area contributed by atoms with E-state index < -0.39 is 0 Å². The van der Waals surface area contributed by atoms with Crippen LogP contribution < -0.4 is 21.7 Å². The summed E-state index contributed by atoms with van der Waals surface area (Å²) in [4.78, 5) is 15.8. The topological polar surface area (TPSA) is 122 Å². The van der Waals surface area contributed by atoms with Gasteiger partial charge in [0.25, 0.3) is 0 Å². The fourth-order valence-corrected chi connectivity index (χ4v) is 4.50. The van der Waals surface area contributed by atoms with Gasteiger partial charge in [-0.3, -0.25) is 14.5 Å². The van der Waals surface area contributed by atoms with Gasteiger partial charge in [-0.05, 0) is 55.9 Å².